The first-order valence-electron chi connectivity index (χ1n) is 3.89. The molecule has 1 nitrogen and oxygen atoms in total. The quantitative estimate of drug-likeness (QED) is 0.709. The van der Waals surface area contributed by atoms with E-state index in [1.165, 1.54) is 11.8 Å². The molecule has 0 spiro atoms. The Bertz CT molecular complexity index is 384. The Morgan fingerprint density at radius 3 is 2.69 bits per heavy atom. The van der Waals surface area contributed by atoms with Crippen LogP contribution in [-0.2, 0) is 4.79 Å². The van der Waals surface area contributed by atoms with E-state index >= 15 is 0 Å². The number of carbonyl (C=O) groups is 1. The summed E-state index contributed by atoms with van der Waals surface area (Å²) in [5.41, 5.74) is 2.00. The Kier molecular flexibility index (Phi) is 2.42. The van der Waals surface area contributed by atoms with Gasteiger partial charge in [0.1, 0.15) is 0 Å². The van der Waals surface area contributed by atoms with Gasteiger partial charge in [-0.3, -0.25) is 4.79 Å². The molecule has 1 aromatic rings. The van der Waals surface area contributed by atoms with Gasteiger partial charge in [0, 0.05) is 10.8 Å². The molecule has 66 valence electrons. The highest BCUT2D eigenvalue weighted by atomic mass is 35.5. The predicted molar refractivity (Wildman–Crippen MR) is 56.9 cm³/mol. The number of thioether (sulfide) groups is 1. The molecule has 1 aliphatic rings. The van der Waals surface area contributed by atoms with Crippen molar-refractivity contribution in [1.82, 2.24) is 0 Å². The van der Waals surface area contributed by atoms with Gasteiger partial charge in [-0.2, -0.15) is 0 Å². The Labute approximate surface area is 85.8 Å². The van der Waals surface area contributed by atoms with Crippen molar-refractivity contribution in [3.05, 3.63) is 40.9 Å². The van der Waals surface area contributed by atoms with Crippen LogP contribution in [0.2, 0.25) is 5.02 Å². The normalized spacial score (nSPS) is 16.1. The maximum Gasteiger partial charge on any atom is 0.212 e. The van der Waals surface area contributed by atoms with Crippen molar-refractivity contribution in [2.75, 3.05) is 5.75 Å². The third kappa shape index (κ3) is 1.79. The summed E-state index contributed by atoms with van der Waals surface area (Å²) >= 11 is 7.31. The zero-order chi connectivity index (χ0) is 9.26. The minimum absolute atomic E-state index is 0.120. The number of hydrogen-bond acceptors (Lipinski definition) is 2. The molecule has 0 saturated heterocycles. The van der Waals surface area contributed by atoms with Crippen molar-refractivity contribution < 1.29 is 4.79 Å². The summed E-state index contributed by atoms with van der Waals surface area (Å²) in [4.78, 5) is 11.0. The first-order valence-corrected chi connectivity index (χ1v) is 5.26. The third-order valence-corrected chi connectivity index (χ3v) is 3.07. The van der Waals surface area contributed by atoms with Crippen molar-refractivity contribution in [2.24, 2.45) is 0 Å². The van der Waals surface area contributed by atoms with E-state index in [9.17, 15) is 4.79 Å². The molecule has 1 aliphatic heterocycles. The van der Waals surface area contributed by atoms with E-state index < -0.39 is 0 Å². The molecule has 1 heterocycles. The molecule has 0 atom stereocenters. The highest BCUT2D eigenvalue weighted by Gasteiger charge is 2.15. The first kappa shape index (κ1) is 8.85. The minimum Gasteiger partial charge on any atom is -0.282 e. The summed E-state index contributed by atoms with van der Waals surface area (Å²) in [5.74, 6) is 0.739. The van der Waals surface area contributed by atoms with Crippen LogP contribution in [0.1, 0.15) is 5.56 Å². The molecule has 1 aromatic carbocycles. The second-order valence-electron chi connectivity index (χ2n) is 2.76. The van der Waals surface area contributed by atoms with Gasteiger partial charge in [0.05, 0.1) is 0 Å². The van der Waals surface area contributed by atoms with Crippen molar-refractivity contribution in [3.8, 4) is 0 Å². The summed E-state index contributed by atoms with van der Waals surface area (Å²) in [6, 6.07) is 7.59. The van der Waals surface area contributed by atoms with Crippen LogP contribution in [0.25, 0.3) is 5.57 Å². The first-order chi connectivity index (χ1) is 6.27. The molecule has 0 fully saturated rings. The Morgan fingerprint density at radius 1 is 1.31 bits per heavy atom. The fraction of sp³-hybridized carbons (Fsp3) is 0.100. The molecule has 0 radical (unpaired) electrons. The average Bonchev–Trinajstić information content (AvgIpc) is 2.53. The Hall–Kier alpha value is -0.730. The van der Waals surface area contributed by atoms with E-state index in [0.29, 0.717) is 5.02 Å². The van der Waals surface area contributed by atoms with E-state index in [1.54, 1.807) is 6.08 Å². The van der Waals surface area contributed by atoms with Gasteiger partial charge in [0.25, 0.3) is 0 Å². The summed E-state index contributed by atoms with van der Waals surface area (Å²) in [7, 11) is 0. The largest absolute Gasteiger partial charge is 0.282 e. The highest BCUT2D eigenvalue weighted by molar-refractivity contribution is 8.14. The van der Waals surface area contributed by atoms with E-state index in [1.807, 2.05) is 24.3 Å². The maximum absolute atomic E-state index is 11.0. The van der Waals surface area contributed by atoms with Crippen LogP contribution in [0.3, 0.4) is 0 Å². The van der Waals surface area contributed by atoms with Gasteiger partial charge in [0.15, 0.2) is 0 Å². The zero-order valence-electron chi connectivity index (χ0n) is 6.79. The molecular weight excluding hydrogens is 204 g/mol. The fourth-order valence-corrected chi connectivity index (χ4v) is 2.27. The summed E-state index contributed by atoms with van der Waals surface area (Å²) in [6.45, 7) is 0. The molecular formula is C10H7ClOS. The molecule has 0 amide bonds. The second kappa shape index (κ2) is 3.56. The number of carbonyl (C=O) groups excluding carboxylic acids is 1. The van der Waals surface area contributed by atoms with Gasteiger partial charge in [0.2, 0.25) is 5.12 Å². The van der Waals surface area contributed by atoms with Crippen LogP contribution in [0.5, 0.6) is 0 Å². The van der Waals surface area contributed by atoms with E-state index in [4.69, 9.17) is 11.6 Å². The summed E-state index contributed by atoms with van der Waals surface area (Å²) < 4.78 is 0. The van der Waals surface area contributed by atoms with Crippen LogP contribution in [0.15, 0.2) is 30.3 Å². The van der Waals surface area contributed by atoms with Crippen molar-refractivity contribution in [3.63, 3.8) is 0 Å². The molecule has 13 heavy (non-hydrogen) atoms. The molecule has 0 aliphatic carbocycles. The lowest BCUT2D eigenvalue weighted by molar-refractivity contribution is -0.106. The minimum atomic E-state index is 0.120. The van der Waals surface area contributed by atoms with Crippen LogP contribution in [0, 0.1) is 0 Å². The number of hydrogen-bond donors (Lipinski definition) is 0. The number of halogens is 1. The molecule has 3 heteroatoms. The van der Waals surface area contributed by atoms with Gasteiger partial charge >= 0.3 is 0 Å². The predicted octanol–water partition coefficient (Wildman–Crippen LogP) is 3.00. The molecule has 2 rings (SSSR count). The smallest absolute Gasteiger partial charge is 0.212 e. The van der Waals surface area contributed by atoms with Crippen molar-refractivity contribution in [1.29, 1.82) is 0 Å². The monoisotopic (exact) mass is 210 g/mol. The van der Waals surface area contributed by atoms with Gasteiger partial charge in [-0.15, -0.1) is 0 Å². The standard InChI is InChI=1S/C10H7ClOS/c11-9-4-2-1-3-8(9)7-5-10(12)13-6-7/h1-5H,6H2. The topological polar surface area (TPSA) is 17.1 Å². The SMILES string of the molecule is O=C1C=C(c2ccccc2Cl)CS1. The van der Waals surface area contributed by atoms with Gasteiger partial charge in [-0.05, 0) is 23.3 Å². The molecule has 0 bridgehead atoms. The van der Waals surface area contributed by atoms with E-state index in [2.05, 4.69) is 0 Å². The molecule has 0 aromatic heterocycles. The van der Waals surface area contributed by atoms with Gasteiger partial charge in [-0.25, -0.2) is 0 Å². The van der Waals surface area contributed by atoms with Crippen LogP contribution >= 0.6 is 23.4 Å². The zero-order valence-corrected chi connectivity index (χ0v) is 8.36. The highest BCUT2D eigenvalue weighted by Crippen LogP contribution is 2.31. The third-order valence-electron chi connectivity index (χ3n) is 1.88. The van der Waals surface area contributed by atoms with Crippen LogP contribution in [-0.4, -0.2) is 10.9 Å². The molecule has 0 unspecified atom stereocenters. The lowest BCUT2D eigenvalue weighted by atomic mass is 10.1. The molecule has 0 N–H and O–H groups in total. The lowest BCUT2D eigenvalue weighted by Gasteiger charge is -2.02. The van der Waals surface area contributed by atoms with E-state index in [0.717, 1.165) is 16.9 Å². The average molecular weight is 211 g/mol. The van der Waals surface area contributed by atoms with Gasteiger partial charge in [-0.1, -0.05) is 41.6 Å². The van der Waals surface area contributed by atoms with Crippen molar-refractivity contribution >= 4 is 34.1 Å². The van der Waals surface area contributed by atoms with Crippen LogP contribution < -0.4 is 0 Å². The fourth-order valence-electron chi connectivity index (χ4n) is 1.25. The van der Waals surface area contributed by atoms with Crippen molar-refractivity contribution in [2.45, 2.75) is 0 Å². The second-order valence-corrected chi connectivity index (χ2v) is 4.14. The lowest BCUT2D eigenvalue weighted by Crippen LogP contribution is -1.84. The Balaban J connectivity index is 2.41. The van der Waals surface area contributed by atoms with Gasteiger partial charge < -0.3 is 0 Å². The number of benzene rings is 1. The summed E-state index contributed by atoms with van der Waals surface area (Å²) in [6.07, 6.45) is 1.66. The van der Waals surface area contributed by atoms with E-state index in [-0.39, 0.29) is 5.12 Å². The van der Waals surface area contributed by atoms with Crippen LogP contribution in [0.4, 0.5) is 0 Å². The number of rotatable bonds is 1. The Morgan fingerprint density at radius 2 is 2.08 bits per heavy atom. The summed E-state index contributed by atoms with van der Waals surface area (Å²) in [5, 5.41) is 0.832. The maximum atomic E-state index is 11.0. The molecule has 0 saturated carbocycles.